The minimum atomic E-state index is -3.70. The van der Waals surface area contributed by atoms with Gasteiger partial charge in [0.2, 0.25) is 10.0 Å². The van der Waals surface area contributed by atoms with Gasteiger partial charge in [0.15, 0.2) is 5.78 Å². The number of ether oxygens (including phenoxy) is 1. The smallest absolute Gasteiger partial charge is 0.246 e. The van der Waals surface area contributed by atoms with E-state index in [9.17, 15) is 13.2 Å². The van der Waals surface area contributed by atoms with E-state index in [2.05, 4.69) is 10.3 Å². The maximum absolute atomic E-state index is 12.9. The summed E-state index contributed by atoms with van der Waals surface area (Å²) in [5.41, 5.74) is 2.01. The molecular weight excluding hydrogens is 390 g/mol. The molecule has 0 radical (unpaired) electrons. The zero-order chi connectivity index (χ0) is 21.2. The van der Waals surface area contributed by atoms with Gasteiger partial charge in [-0.05, 0) is 38.1 Å². The zero-order valence-electron chi connectivity index (χ0n) is 16.9. The molecule has 0 unspecified atom stereocenters. The van der Waals surface area contributed by atoms with Crippen LogP contribution in [0.15, 0.2) is 53.6 Å². The fourth-order valence-corrected chi connectivity index (χ4v) is 4.15. The molecule has 2 N–H and O–H groups in total. The molecule has 154 valence electrons. The highest BCUT2D eigenvalue weighted by molar-refractivity contribution is 7.89. The van der Waals surface area contributed by atoms with E-state index < -0.39 is 16.1 Å². The van der Waals surface area contributed by atoms with E-state index in [1.54, 1.807) is 32.2 Å². The number of benzene rings is 2. The van der Waals surface area contributed by atoms with Crippen LogP contribution in [0.2, 0.25) is 0 Å². The quantitative estimate of drug-likeness (QED) is 0.550. The van der Waals surface area contributed by atoms with E-state index in [4.69, 9.17) is 4.74 Å². The van der Waals surface area contributed by atoms with Crippen molar-refractivity contribution in [3.8, 4) is 5.75 Å². The second kappa shape index (κ2) is 8.26. The Morgan fingerprint density at radius 1 is 1.21 bits per heavy atom. The average molecular weight is 416 g/mol. The normalized spacial score (nSPS) is 12.9. The predicted octanol–water partition coefficient (Wildman–Crippen LogP) is 3.50. The molecule has 0 saturated heterocycles. The molecule has 0 aliphatic rings. The van der Waals surface area contributed by atoms with Gasteiger partial charge >= 0.3 is 0 Å². The summed E-state index contributed by atoms with van der Waals surface area (Å²) in [6.07, 6.45) is 1.70. The van der Waals surface area contributed by atoms with E-state index in [0.29, 0.717) is 17.9 Å². The van der Waals surface area contributed by atoms with Gasteiger partial charge in [0.05, 0.1) is 12.6 Å². The van der Waals surface area contributed by atoms with Crippen LogP contribution >= 0.6 is 0 Å². The molecule has 1 heterocycles. The highest BCUT2D eigenvalue weighted by atomic mass is 32.2. The van der Waals surface area contributed by atoms with Gasteiger partial charge in [-0.1, -0.05) is 18.2 Å². The summed E-state index contributed by atoms with van der Waals surface area (Å²) < 4.78 is 32.0. The lowest BCUT2D eigenvalue weighted by atomic mass is 10.0. The largest absolute Gasteiger partial charge is 0.492 e. The van der Waals surface area contributed by atoms with Gasteiger partial charge in [-0.3, -0.25) is 4.79 Å². The molecule has 29 heavy (non-hydrogen) atoms. The Kier molecular flexibility index (Phi) is 5.95. The first-order chi connectivity index (χ1) is 13.8. The lowest BCUT2D eigenvalue weighted by Gasteiger charge is -2.19. The number of nitrogens with zero attached hydrogens (tertiary/aromatic N) is 1. The third-order valence-electron chi connectivity index (χ3n) is 4.63. The minimum absolute atomic E-state index is 0.0566. The molecule has 0 aliphatic heterocycles. The Hall–Kier alpha value is -2.84. The zero-order valence-corrected chi connectivity index (χ0v) is 17.7. The number of para-hydroxylation sites is 1. The van der Waals surface area contributed by atoms with E-state index in [1.807, 2.05) is 24.3 Å². The molecule has 0 fully saturated rings. The van der Waals surface area contributed by atoms with Crippen molar-refractivity contribution in [2.24, 2.45) is 0 Å². The third-order valence-corrected chi connectivity index (χ3v) is 6.47. The van der Waals surface area contributed by atoms with Crippen LogP contribution in [0.5, 0.6) is 5.75 Å². The highest BCUT2D eigenvalue weighted by Crippen LogP contribution is 2.30. The number of carbonyl (C=O) groups is 1. The summed E-state index contributed by atoms with van der Waals surface area (Å²) in [6, 6.07) is 11.8. The predicted molar refractivity (Wildman–Crippen MR) is 114 cm³/mol. The van der Waals surface area contributed by atoms with Crippen LogP contribution in [-0.2, 0) is 10.0 Å². The van der Waals surface area contributed by atoms with E-state index in [-0.39, 0.29) is 16.4 Å². The summed E-state index contributed by atoms with van der Waals surface area (Å²) in [4.78, 5) is 16.1. The van der Waals surface area contributed by atoms with Gasteiger partial charge in [-0.2, -0.15) is 0 Å². The molecule has 0 aliphatic carbocycles. The summed E-state index contributed by atoms with van der Waals surface area (Å²) in [5.74, 6) is 0.190. The molecule has 3 rings (SSSR count). The van der Waals surface area contributed by atoms with E-state index in [0.717, 1.165) is 15.2 Å². The number of nitrogens with one attached hydrogen (secondary N) is 2. The number of aromatic amines is 1. The molecule has 0 amide bonds. The van der Waals surface area contributed by atoms with E-state index >= 15 is 0 Å². The number of ketones is 1. The van der Waals surface area contributed by atoms with Crippen LogP contribution in [0.25, 0.3) is 10.9 Å². The van der Waals surface area contributed by atoms with Gasteiger partial charge in [-0.25, -0.2) is 12.7 Å². The first-order valence-corrected chi connectivity index (χ1v) is 10.8. The van der Waals surface area contributed by atoms with Crippen molar-refractivity contribution in [1.82, 2.24) is 9.29 Å². The molecule has 8 heteroatoms. The van der Waals surface area contributed by atoms with Gasteiger partial charge < -0.3 is 15.0 Å². The van der Waals surface area contributed by atoms with E-state index in [1.165, 1.54) is 20.2 Å². The monoisotopic (exact) mass is 415 g/mol. The van der Waals surface area contributed by atoms with Crippen molar-refractivity contribution in [3.63, 3.8) is 0 Å². The molecule has 7 nitrogen and oxygen atoms in total. The Labute approximate surface area is 170 Å². The summed E-state index contributed by atoms with van der Waals surface area (Å²) in [6.45, 7) is 3.89. The fraction of sp³-hybridized carbons (Fsp3) is 0.286. The third kappa shape index (κ3) is 4.13. The maximum atomic E-state index is 12.9. The van der Waals surface area contributed by atoms with Crippen molar-refractivity contribution < 1.29 is 17.9 Å². The number of carbonyl (C=O) groups excluding carboxylic acids is 1. The van der Waals surface area contributed by atoms with Gasteiger partial charge in [0, 0.05) is 42.4 Å². The Bertz CT molecular complexity index is 1140. The molecule has 2 aromatic carbocycles. The second-order valence-corrected chi connectivity index (χ2v) is 8.98. The first kappa shape index (κ1) is 20.9. The average Bonchev–Trinajstić information content (AvgIpc) is 3.12. The van der Waals surface area contributed by atoms with Crippen LogP contribution in [0.4, 0.5) is 5.69 Å². The molecule has 0 spiro atoms. The summed E-state index contributed by atoms with van der Waals surface area (Å²) in [5, 5.41) is 3.97. The number of Topliss-reactive ketones (excluding diaryl/α,β-unsaturated/α-hetero) is 1. The lowest BCUT2D eigenvalue weighted by molar-refractivity contribution is 0.0977. The van der Waals surface area contributed by atoms with Gasteiger partial charge in [-0.15, -0.1) is 0 Å². The highest BCUT2D eigenvalue weighted by Gasteiger charge is 2.24. The van der Waals surface area contributed by atoms with Crippen molar-refractivity contribution in [1.29, 1.82) is 0 Å². The molecule has 0 saturated carbocycles. The number of anilines is 1. The standard InChI is InChI=1S/C21H25N3O4S/c1-5-28-19-11-10-15(12-20(19)29(26,27)24(3)4)23-14(2)21(25)17-13-22-18-9-7-6-8-16(17)18/h6-14,22-23H,5H2,1-4H3/t14-/m1/s1. The first-order valence-electron chi connectivity index (χ1n) is 9.32. The Morgan fingerprint density at radius 2 is 1.93 bits per heavy atom. The topological polar surface area (TPSA) is 91.5 Å². The fourth-order valence-electron chi connectivity index (χ4n) is 3.10. The number of aromatic nitrogens is 1. The summed E-state index contributed by atoms with van der Waals surface area (Å²) >= 11 is 0. The molecule has 3 aromatic rings. The van der Waals surface area contributed by atoms with Crippen LogP contribution in [0, 0.1) is 0 Å². The van der Waals surface area contributed by atoms with Crippen molar-refractivity contribution in [2.45, 2.75) is 24.8 Å². The van der Waals surface area contributed by atoms with Crippen molar-refractivity contribution >= 4 is 32.4 Å². The van der Waals surface area contributed by atoms with Crippen molar-refractivity contribution in [2.75, 3.05) is 26.0 Å². The van der Waals surface area contributed by atoms with Crippen LogP contribution < -0.4 is 10.1 Å². The van der Waals surface area contributed by atoms with Crippen molar-refractivity contribution in [3.05, 3.63) is 54.2 Å². The maximum Gasteiger partial charge on any atom is 0.246 e. The number of hydrogen-bond acceptors (Lipinski definition) is 5. The molecule has 1 atom stereocenters. The van der Waals surface area contributed by atoms with Gasteiger partial charge in [0.25, 0.3) is 0 Å². The van der Waals surface area contributed by atoms with Gasteiger partial charge in [0.1, 0.15) is 10.6 Å². The Morgan fingerprint density at radius 3 is 2.62 bits per heavy atom. The number of fused-ring (bicyclic) bond motifs is 1. The summed E-state index contributed by atoms with van der Waals surface area (Å²) in [7, 11) is -0.769. The van der Waals surface area contributed by atoms with Crippen LogP contribution in [0.3, 0.4) is 0 Å². The van der Waals surface area contributed by atoms with Crippen LogP contribution in [-0.4, -0.2) is 50.2 Å². The Balaban J connectivity index is 1.90. The van der Waals surface area contributed by atoms with Crippen LogP contribution in [0.1, 0.15) is 24.2 Å². The lowest BCUT2D eigenvalue weighted by Crippen LogP contribution is -2.27. The number of hydrogen-bond donors (Lipinski definition) is 2. The SMILES string of the molecule is CCOc1ccc(N[C@H](C)C(=O)c2c[nH]c3ccccc23)cc1S(=O)(=O)N(C)C. The minimum Gasteiger partial charge on any atom is -0.492 e. The number of rotatable bonds is 8. The molecule has 1 aromatic heterocycles. The molecular formula is C21H25N3O4S. The molecule has 0 bridgehead atoms. The number of sulfonamides is 1. The number of H-pyrrole nitrogens is 1. The second-order valence-electron chi connectivity index (χ2n) is 6.86.